The van der Waals surface area contributed by atoms with Crippen molar-refractivity contribution in [1.82, 2.24) is 4.98 Å². The topological polar surface area (TPSA) is 16.1 Å². The molecule has 21 heavy (non-hydrogen) atoms. The van der Waals surface area contributed by atoms with E-state index in [-0.39, 0.29) is 0 Å². The summed E-state index contributed by atoms with van der Waals surface area (Å²) in [5.74, 6) is 0. The summed E-state index contributed by atoms with van der Waals surface area (Å²) in [7, 11) is 4.10. The van der Waals surface area contributed by atoms with E-state index >= 15 is 0 Å². The highest BCUT2D eigenvalue weighted by Crippen LogP contribution is 2.20. The van der Waals surface area contributed by atoms with Crippen LogP contribution in [0.1, 0.15) is 11.1 Å². The third-order valence-electron chi connectivity index (χ3n) is 3.56. The Hall–Kier alpha value is -2.61. The van der Waals surface area contributed by atoms with Crippen LogP contribution in [0.3, 0.4) is 0 Å². The van der Waals surface area contributed by atoms with Crippen molar-refractivity contribution in [3.05, 3.63) is 72.1 Å². The Morgan fingerprint density at radius 2 is 1.62 bits per heavy atom. The van der Waals surface area contributed by atoms with Gasteiger partial charge in [-0.2, -0.15) is 0 Å². The first kappa shape index (κ1) is 13.4. The molecule has 1 heterocycles. The van der Waals surface area contributed by atoms with E-state index in [1.807, 2.05) is 32.6 Å². The molecule has 0 saturated carbocycles. The molecule has 0 N–H and O–H groups in total. The summed E-state index contributed by atoms with van der Waals surface area (Å²) in [6, 6.07) is 16.8. The van der Waals surface area contributed by atoms with Crippen LogP contribution in [-0.4, -0.2) is 19.1 Å². The number of anilines is 1. The van der Waals surface area contributed by atoms with Crippen LogP contribution in [0.5, 0.6) is 0 Å². The Bertz CT molecular complexity index is 766. The number of hydrogen-bond donors (Lipinski definition) is 0. The first-order chi connectivity index (χ1) is 10.2. The van der Waals surface area contributed by atoms with E-state index in [0.29, 0.717) is 0 Å². The number of rotatable bonds is 3. The number of hydrogen-bond acceptors (Lipinski definition) is 2. The van der Waals surface area contributed by atoms with Gasteiger partial charge in [-0.05, 0) is 23.1 Å². The van der Waals surface area contributed by atoms with Crippen LogP contribution in [0.2, 0.25) is 0 Å². The van der Waals surface area contributed by atoms with Gasteiger partial charge in [0.2, 0.25) is 0 Å². The van der Waals surface area contributed by atoms with E-state index < -0.39 is 0 Å². The second-order valence-electron chi connectivity index (χ2n) is 5.27. The fourth-order valence-corrected chi connectivity index (χ4v) is 2.34. The van der Waals surface area contributed by atoms with Crippen LogP contribution in [0, 0.1) is 0 Å². The van der Waals surface area contributed by atoms with E-state index in [4.69, 9.17) is 0 Å². The molecule has 0 unspecified atom stereocenters. The quantitative estimate of drug-likeness (QED) is 0.700. The molecular formula is C19H18N2. The molecule has 3 aromatic rings. The highest BCUT2D eigenvalue weighted by Gasteiger charge is 1.98. The van der Waals surface area contributed by atoms with Gasteiger partial charge in [0.15, 0.2) is 0 Å². The number of pyridine rings is 1. The number of aromatic nitrogens is 1. The zero-order valence-corrected chi connectivity index (χ0v) is 12.3. The van der Waals surface area contributed by atoms with Gasteiger partial charge in [0.1, 0.15) is 0 Å². The average molecular weight is 274 g/mol. The van der Waals surface area contributed by atoms with Gasteiger partial charge in [-0.1, -0.05) is 48.6 Å². The van der Waals surface area contributed by atoms with Gasteiger partial charge >= 0.3 is 0 Å². The summed E-state index contributed by atoms with van der Waals surface area (Å²) >= 11 is 0. The Labute approximate surface area is 125 Å². The smallest absolute Gasteiger partial charge is 0.0361 e. The predicted molar refractivity (Wildman–Crippen MR) is 91.4 cm³/mol. The summed E-state index contributed by atoms with van der Waals surface area (Å²) in [5, 5.41) is 2.40. The van der Waals surface area contributed by atoms with Crippen LogP contribution >= 0.6 is 0 Å². The van der Waals surface area contributed by atoms with Crippen molar-refractivity contribution >= 4 is 28.6 Å². The lowest BCUT2D eigenvalue weighted by Crippen LogP contribution is -2.07. The van der Waals surface area contributed by atoms with Crippen LogP contribution < -0.4 is 4.90 Å². The van der Waals surface area contributed by atoms with Gasteiger partial charge in [-0.25, -0.2) is 0 Å². The molecule has 0 spiro atoms. The average Bonchev–Trinajstić information content (AvgIpc) is 2.53. The van der Waals surface area contributed by atoms with Crippen molar-refractivity contribution < 1.29 is 0 Å². The first-order valence-corrected chi connectivity index (χ1v) is 7.02. The normalized spacial score (nSPS) is 11.1. The van der Waals surface area contributed by atoms with Crippen molar-refractivity contribution in [2.45, 2.75) is 0 Å². The van der Waals surface area contributed by atoms with Crippen LogP contribution in [0.15, 0.2) is 60.9 Å². The monoisotopic (exact) mass is 274 g/mol. The largest absolute Gasteiger partial charge is 0.378 e. The molecule has 0 radical (unpaired) electrons. The molecule has 0 aliphatic heterocycles. The number of fused-ring (bicyclic) bond motifs is 1. The summed E-state index contributed by atoms with van der Waals surface area (Å²) in [5.41, 5.74) is 3.54. The molecule has 0 aliphatic rings. The Balaban J connectivity index is 1.91. The Kier molecular flexibility index (Phi) is 3.69. The molecule has 2 heteroatoms. The lowest BCUT2D eigenvalue weighted by Gasteiger charge is -2.11. The maximum atomic E-state index is 4.30. The second-order valence-corrected chi connectivity index (χ2v) is 5.27. The molecule has 2 aromatic carbocycles. The van der Waals surface area contributed by atoms with Gasteiger partial charge in [-0.15, -0.1) is 0 Å². The van der Waals surface area contributed by atoms with Crippen molar-refractivity contribution in [2.24, 2.45) is 0 Å². The van der Waals surface area contributed by atoms with E-state index in [2.05, 4.69) is 64.5 Å². The number of nitrogens with zero attached hydrogens (tertiary/aromatic N) is 2. The standard InChI is InChI=1S/C19H18N2/c1-21(2)18-11-8-15(9-12-18)7-10-17-14-20-13-16-5-3-4-6-19(16)17/h3-14H,1-2H3/b10-7+. The van der Waals surface area contributed by atoms with E-state index in [1.165, 1.54) is 22.0 Å². The fraction of sp³-hybridized carbons (Fsp3) is 0.105. The lowest BCUT2D eigenvalue weighted by molar-refractivity contribution is 1.13. The van der Waals surface area contributed by atoms with Crippen LogP contribution in [-0.2, 0) is 0 Å². The summed E-state index contributed by atoms with van der Waals surface area (Å²) in [6.07, 6.45) is 8.06. The van der Waals surface area contributed by atoms with Crippen molar-refractivity contribution in [2.75, 3.05) is 19.0 Å². The second kappa shape index (κ2) is 5.80. The van der Waals surface area contributed by atoms with Crippen LogP contribution in [0.4, 0.5) is 5.69 Å². The molecule has 1 aromatic heterocycles. The Morgan fingerprint density at radius 3 is 2.38 bits per heavy atom. The van der Waals surface area contributed by atoms with Crippen LogP contribution in [0.25, 0.3) is 22.9 Å². The minimum Gasteiger partial charge on any atom is -0.378 e. The SMILES string of the molecule is CN(C)c1ccc(/C=C/c2cncc3ccccc23)cc1. The molecule has 104 valence electrons. The highest BCUT2D eigenvalue weighted by molar-refractivity contribution is 5.91. The van der Waals surface area contributed by atoms with E-state index in [9.17, 15) is 0 Å². The fourth-order valence-electron chi connectivity index (χ4n) is 2.34. The van der Waals surface area contributed by atoms with E-state index in [0.717, 1.165) is 5.56 Å². The zero-order chi connectivity index (χ0) is 14.7. The maximum absolute atomic E-state index is 4.30. The Morgan fingerprint density at radius 1 is 0.857 bits per heavy atom. The zero-order valence-electron chi connectivity index (χ0n) is 12.3. The molecule has 0 atom stereocenters. The van der Waals surface area contributed by atoms with Crippen molar-refractivity contribution in [1.29, 1.82) is 0 Å². The van der Waals surface area contributed by atoms with Gasteiger partial charge < -0.3 is 4.90 Å². The lowest BCUT2D eigenvalue weighted by atomic mass is 10.1. The summed E-state index contributed by atoms with van der Waals surface area (Å²) < 4.78 is 0. The van der Waals surface area contributed by atoms with Gasteiger partial charge in [0.25, 0.3) is 0 Å². The highest BCUT2D eigenvalue weighted by atomic mass is 15.1. The molecule has 0 aliphatic carbocycles. The molecule has 0 fully saturated rings. The molecule has 0 amide bonds. The molecule has 2 nitrogen and oxygen atoms in total. The molecule has 0 bridgehead atoms. The molecular weight excluding hydrogens is 256 g/mol. The predicted octanol–water partition coefficient (Wildman–Crippen LogP) is 4.47. The molecule has 0 saturated heterocycles. The minimum absolute atomic E-state index is 1.14. The first-order valence-electron chi connectivity index (χ1n) is 7.02. The number of benzene rings is 2. The van der Waals surface area contributed by atoms with Gasteiger partial charge in [0.05, 0.1) is 0 Å². The minimum atomic E-state index is 1.14. The maximum Gasteiger partial charge on any atom is 0.0361 e. The van der Waals surface area contributed by atoms with Crippen molar-refractivity contribution in [3.8, 4) is 0 Å². The van der Waals surface area contributed by atoms with Gasteiger partial charge in [-0.3, -0.25) is 4.98 Å². The summed E-state index contributed by atoms with van der Waals surface area (Å²) in [6.45, 7) is 0. The molecule has 3 rings (SSSR count). The summed E-state index contributed by atoms with van der Waals surface area (Å²) in [4.78, 5) is 6.40. The van der Waals surface area contributed by atoms with Crippen molar-refractivity contribution in [3.63, 3.8) is 0 Å². The van der Waals surface area contributed by atoms with Gasteiger partial charge in [0, 0.05) is 43.1 Å². The third kappa shape index (κ3) is 2.95. The third-order valence-corrected chi connectivity index (χ3v) is 3.56. The van der Waals surface area contributed by atoms with E-state index in [1.54, 1.807) is 0 Å².